The van der Waals surface area contributed by atoms with Crippen LogP contribution in [-0.2, 0) is 33.9 Å². The quantitative estimate of drug-likeness (QED) is 0.449. The standard InChI is InChI=1S/C31H30N2O5/c32-18-23-15-16-24-19-33(30(34)29(22-11-5-2-6-12-22)38-25-13-7-8-14-25)27(31(35)36)17-26(24)28(23)37-20-21-9-3-1-4-10-21/h1-6,9-12,15-16,25,27,29H,7-8,13-14,17,19-20H2,(H,35,36)/t27-,29-/m1/s1. The number of nitrogens with zero attached hydrogens (tertiary/aromatic N) is 2. The number of amides is 1. The second-order valence-corrected chi connectivity index (χ2v) is 9.82. The third-order valence-electron chi connectivity index (χ3n) is 7.34. The van der Waals surface area contributed by atoms with Crippen molar-refractivity contribution in [2.45, 2.75) is 63.5 Å². The normalized spacial score (nSPS) is 17.9. The number of fused-ring (bicyclic) bond motifs is 1. The Balaban J connectivity index is 1.46. The smallest absolute Gasteiger partial charge is 0.326 e. The highest BCUT2D eigenvalue weighted by Gasteiger charge is 2.40. The van der Waals surface area contributed by atoms with Crippen LogP contribution in [0.5, 0.6) is 5.75 Å². The van der Waals surface area contributed by atoms with E-state index in [4.69, 9.17) is 9.47 Å². The molecule has 0 aromatic heterocycles. The number of hydrogen-bond donors (Lipinski definition) is 1. The molecule has 194 valence electrons. The first-order valence-electron chi connectivity index (χ1n) is 13.0. The summed E-state index contributed by atoms with van der Waals surface area (Å²) in [5.41, 5.74) is 3.42. The summed E-state index contributed by atoms with van der Waals surface area (Å²) in [6, 6.07) is 23.4. The molecule has 5 rings (SSSR count). The number of rotatable bonds is 8. The minimum Gasteiger partial charge on any atom is -0.487 e. The van der Waals surface area contributed by atoms with E-state index in [0.717, 1.165) is 36.8 Å². The van der Waals surface area contributed by atoms with Gasteiger partial charge in [-0.3, -0.25) is 4.79 Å². The van der Waals surface area contributed by atoms with Crippen molar-refractivity contribution in [3.63, 3.8) is 0 Å². The molecule has 2 atom stereocenters. The molecule has 0 bridgehead atoms. The number of nitriles is 1. The lowest BCUT2D eigenvalue weighted by Gasteiger charge is -2.37. The molecule has 1 aliphatic carbocycles. The first kappa shape index (κ1) is 25.5. The number of carbonyl (C=O) groups excluding carboxylic acids is 1. The summed E-state index contributed by atoms with van der Waals surface area (Å²) in [7, 11) is 0. The Morgan fingerprint density at radius 3 is 2.34 bits per heavy atom. The first-order valence-corrected chi connectivity index (χ1v) is 13.0. The minimum absolute atomic E-state index is 0.0271. The second kappa shape index (κ2) is 11.5. The molecule has 0 unspecified atom stereocenters. The van der Waals surface area contributed by atoms with Gasteiger partial charge in [0.15, 0.2) is 6.10 Å². The van der Waals surface area contributed by atoms with E-state index in [2.05, 4.69) is 6.07 Å². The second-order valence-electron chi connectivity index (χ2n) is 9.82. The van der Waals surface area contributed by atoms with Gasteiger partial charge in [-0.25, -0.2) is 4.79 Å². The van der Waals surface area contributed by atoms with Gasteiger partial charge in [0.1, 0.15) is 24.5 Å². The van der Waals surface area contributed by atoms with Crippen LogP contribution in [-0.4, -0.2) is 34.0 Å². The Bertz CT molecular complexity index is 1330. The van der Waals surface area contributed by atoms with Crippen molar-refractivity contribution >= 4 is 11.9 Å². The van der Waals surface area contributed by atoms with Crippen molar-refractivity contribution in [1.82, 2.24) is 4.90 Å². The van der Waals surface area contributed by atoms with E-state index in [1.807, 2.05) is 60.7 Å². The Hall–Kier alpha value is -4.15. The summed E-state index contributed by atoms with van der Waals surface area (Å²) in [5.74, 6) is -1.08. The minimum atomic E-state index is -1.11. The maximum atomic E-state index is 14.0. The fraction of sp³-hybridized carbons (Fsp3) is 0.323. The summed E-state index contributed by atoms with van der Waals surface area (Å²) in [6.45, 7) is 0.341. The van der Waals surface area contributed by atoms with Crippen molar-refractivity contribution < 1.29 is 24.2 Å². The first-order chi connectivity index (χ1) is 18.5. The average molecular weight is 511 g/mol. The molecule has 2 aliphatic rings. The summed E-state index contributed by atoms with van der Waals surface area (Å²) in [6.07, 6.45) is 3.03. The van der Waals surface area contributed by atoms with Crippen LogP contribution in [0.4, 0.5) is 0 Å². The molecule has 38 heavy (non-hydrogen) atoms. The van der Waals surface area contributed by atoms with E-state index in [1.54, 1.807) is 12.1 Å². The van der Waals surface area contributed by atoms with E-state index in [-0.39, 0.29) is 31.6 Å². The summed E-state index contributed by atoms with van der Waals surface area (Å²) in [4.78, 5) is 27.9. The van der Waals surface area contributed by atoms with Crippen LogP contribution in [0.25, 0.3) is 0 Å². The number of ether oxygens (including phenoxy) is 2. The molecule has 1 aliphatic heterocycles. The van der Waals surface area contributed by atoms with Gasteiger partial charge in [0.05, 0.1) is 11.7 Å². The molecule has 1 fully saturated rings. The molecule has 3 aromatic rings. The molecule has 0 saturated heterocycles. The Morgan fingerprint density at radius 1 is 1.00 bits per heavy atom. The fourth-order valence-electron chi connectivity index (χ4n) is 5.35. The van der Waals surface area contributed by atoms with Crippen LogP contribution in [0.15, 0.2) is 72.8 Å². The number of carboxylic acids is 1. The van der Waals surface area contributed by atoms with E-state index >= 15 is 0 Å². The Morgan fingerprint density at radius 2 is 1.68 bits per heavy atom. The summed E-state index contributed by atoms with van der Waals surface area (Å²) >= 11 is 0. The topological polar surface area (TPSA) is 99.9 Å². The van der Waals surface area contributed by atoms with Gasteiger partial charge in [0, 0.05) is 18.5 Å². The van der Waals surface area contributed by atoms with Gasteiger partial charge < -0.3 is 19.5 Å². The lowest BCUT2D eigenvalue weighted by Crippen LogP contribution is -2.50. The van der Waals surface area contributed by atoms with Gasteiger partial charge in [0.25, 0.3) is 5.91 Å². The van der Waals surface area contributed by atoms with Crippen LogP contribution in [0.2, 0.25) is 0 Å². The van der Waals surface area contributed by atoms with Crippen molar-refractivity contribution in [2.75, 3.05) is 0 Å². The van der Waals surface area contributed by atoms with E-state index in [0.29, 0.717) is 22.4 Å². The van der Waals surface area contributed by atoms with Crippen molar-refractivity contribution in [3.8, 4) is 11.8 Å². The largest absolute Gasteiger partial charge is 0.487 e. The highest BCUT2D eigenvalue weighted by Crippen LogP contribution is 2.37. The third-order valence-corrected chi connectivity index (χ3v) is 7.34. The van der Waals surface area contributed by atoms with Crippen LogP contribution < -0.4 is 4.74 Å². The van der Waals surface area contributed by atoms with Crippen LogP contribution in [0.1, 0.15) is 59.6 Å². The maximum absolute atomic E-state index is 14.0. The zero-order chi connectivity index (χ0) is 26.5. The predicted octanol–water partition coefficient (Wildman–Crippen LogP) is 5.18. The maximum Gasteiger partial charge on any atom is 0.326 e. The average Bonchev–Trinajstić information content (AvgIpc) is 3.48. The zero-order valence-electron chi connectivity index (χ0n) is 21.1. The Kier molecular flexibility index (Phi) is 7.71. The molecular formula is C31H30N2O5. The molecule has 1 heterocycles. The predicted molar refractivity (Wildman–Crippen MR) is 140 cm³/mol. The van der Waals surface area contributed by atoms with Crippen molar-refractivity contribution in [3.05, 3.63) is 101 Å². The van der Waals surface area contributed by atoms with Crippen LogP contribution in [0, 0.1) is 11.3 Å². The van der Waals surface area contributed by atoms with Crippen molar-refractivity contribution in [1.29, 1.82) is 5.26 Å². The number of benzene rings is 3. The molecule has 3 aromatic carbocycles. The molecular weight excluding hydrogens is 480 g/mol. The van der Waals surface area contributed by atoms with Gasteiger partial charge in [-0.1, -0.05) is 79.6 Å². The zero-order valence-corrected chi connectivity index (χ0v) is 21.1. The Labute approximate surface area is 222 Å². The number of hydrogen-bond acceptors (Lipinski definition) is 5. The van der Waals surface area contributed by atoms with Gasteiger partial charge in [-0.15, -0.1) is 0 Å². The van der Waals surface area contributed by atoms with Crippen LogP contribution >= 0.6 is 0 Å². The number of carboxylic acid groups (broad SMARTS) is 1. The molecule has 1 amide bonds. The van der Waals surface area contributed by atoms with E-state index < -0.39 is 18.1 Å². The van der Waals surface area contributed by atoms with Gasteiger partial charge in [-0.2, -0.15) is 5.26 Å². The van der Waals surface area contributed by atoms with E-state index in [9.17, 15) is 20.0 Å². The monoisotopic (exact) mass is 510 g/mol. The van der Waals surface area contributed by atoms with Crippen molar-refractivity contribution in [2.24, 2.45) is 0 Å². The highest BCUT2D eigenvalue weighted by atomic mass is 16.5. The van der Waals surface area contributed by atoms with Gasteiger partial charge in [-0.05, 0) is 35.6 Å². The molecule has 1 N–H and O–H groups in total. The molecule has 0 radical (unpaired) electrons. The molecule has 1 saturated carbocycles. The molecule has 0 spiro atoms. The van der Waals surface area contributed by atoms with Gasteiger partial charge in [0.2, 0.25) is 0 Å². The molecule has 7 nitrogen and oxygen atoms in total. The van der Waals surface area contributed by atoms with E-state index in [1.165, 1.54) is 4.90 Å². The highest BCUT2D eigenvalue weighted by molar-refractivity contribution is 5.88. The summed E-state index contributed by atoms with van der Waals surface area (Å²) < 4.78 is 12.4. The molecule has 7 heteroatoms. The fourth-order valence-corrected chi connectivity index (χ4v) is 5.35. The number of aliphatic carboxylic acids is 1. The third kappa shape index (κ3) is 5.41. The lowest BCUT2D eigenvalue weighted by molar-refractivity contribution is -0.160. The lowest BCUT2D eigenvalue weighted by atomic mass is 9.90. The SMILES string of the molecule is N#Cc1ccc2c(c1OCc1ccccc1)C[C@H](C(=O)O)N(C(=O)[C@H](OC1CCCC1)c1ccccc1)C2. The number of carbonyl (C=O) groups is 2. The van der Waals surface area contributed by atoms with Crippen LogP contribution in [0.3, 0.4) is 0 Å². The summed E-state index contributed by atoms with van der Waals surface area (Å²) in [5, 5.41) is 19.9. The van der Waals surface area contributed by atoms with Gasteiger partial charge >= 0.3 is 5.97 Å².